The van der Waals surface area contributed by atoms with Gasteiger partial charge in [0.1, 0.15) is 0 Å². The van der Waals surface area contributed by atoms with Gasteiger partial charge in [-0.05, 0) is 38.1 Å². The quantitative estimate of drug-likeness (QED) is 0.333. The van der Waals surface area contributed by atoms with Crippen molar-refractivity contribution in [3.8, 4) is 22.6 Å². The van der Waals surface area contributed by atoms with Gasteiger partial charge < -0.3 is 15.4 Å². The number of aromatic amines is 3. The lowest BCUT2D eigenvalue weighted by Crippen LogP contribution is -2.16. The van der Waals surface area contributed by atoms with E-state index in [1.807, 2.05) is 0 Å². The van der Waals surface area contributed by atoms with Gasteiger partial charge in [0.15, 0.2) is 5.82 Å². The molecule has 0 amide bonds. The summed E-state index contributed by atoms with van der Waals surface area (Å²) in [7, 11) is 0. The van der Waals surface area contributed by atoms with Crippen molar-refractivity contribution in [2.75, 3.05) is 13.1 Å². The lowest BCUT2D eigenvalue weighted by molar-refractivity contribution is 0.715. The van der Waals surface area contributed by atoms with Crippen molar-refractivity contribution in [2.24, 2.45) is 0 Å². The molecule has 0 aliphatic carbocycles. The van der Waals surface area contributed by atoms with Gasteiger partial charge in [0.25, 0.3) is 5.56 Å². The fourth-order valence-electron chi connectivity index (χ4n) is 3.64. The molecule has 4 aromatic rings. The van der Waals surface area contributed by atoms with Crippen molar-refractivity contribution in [1.82, 2.24) is 40.4 Å². The summed E-state index contributed by atoms with van der Waals surface area (Å²) in [5.41, 5.74) is 5.71. The zero-order chi connectivity index (χ0) is 20.9. The van der Waals surface area contributed by atoms with Crippen LogP contribution in [0.1, 0.15) is 29.6 Å². The summed E-state index contributed by atoms with van der Waals surface area (Å²) in [6.45, 7) is 5.94. The molecule has 0 spiro atoms. The second-order valence-electron chi connectivity index (χ2n) is 6.94. The number of H-pyrrole nitrogens is 3. The SMILES string of the molecule is CCNCCc1c(C)[nH]c(Cc2nccnc2-c2c[nH][nH]c2=O)c1-c1ncccn1. The van der Waals surface area contributed by atoms with Crippen molar-refractivity contribution in [3.63, 3.8) is 0 Å². The molecular weight excluding hydrogens is 380 g/mol. The van der Waals surface area contributed by atoms with E-state index in [4.69, 9.17) is 0 Å². The maximum absolute atomic E-state index is 12.1. The molecular formula is C21H24N8O. The van der Waals surface area contributed by atoms with Crippen LogP contribution in [-0.4, -0.2) is 48.2 Å². The van der Waals surface area contributed by atoms with Gasteiger partial charge >= 0.3 is 0 Å². The van der Waals surface area contributed by atoms with Crippen molar-refractivity contribution >= 4 is 0 Å². The Bertz CT molecular complexity index is 1180. The Kier molecular flexibility index (Phi) is 5.80. The highest BCUT2D eigenvalue weighted by atomic mass is 16.1. The largest absolute Gasteiger partial charge is 0.361 e. The van der Waals surface area contributed by atoms with E-state index in [-0.39, 0.29) is 5.56 Å². The number of likely N-dealkylation sites (N-methyl/N-ethyl adjacent to an activating group) is 1. The molecule has 9 heteroatoms. The average molecular weight is 404 g/mol. The van der Waals surface area contributed by atoms with Gasteiger partial charge in [-0.3, -0.25) is 19.9 Å². The summed E-state index contributed by atoms with van der Waals surface area (Å²) in [5, 5.41) is 8.66. The molecule has 0 aliphatic rings. The van der Waals surface area contributed by atoms with E-state index in [0.29, 0.717) is 29.2 Å². The molecule has 9 nitrogen and oxygen atoms in total. The third kappa shape index (κ3) is 3.92. The molecule has 30 heavy (non-hydrogen) atoms. The van der Waals surface area contributed by atoms with Crippen LogP contribution < -0.4 is 10.9 Å². The van der Waals surface area contributed by atoms with Crippen LogP contribution in [0.4, 0.5) is 0 Å². The molecule has 0 fully saturated rings. The summed E-state index contributed by atoms with van der Waals surface area (Å²) >= 11 is 0. The summed E-state index contributed by atoms with van der Waals surface area (Å²) in [4.78, 5) is 33.5. The zero-order valence-corrected chi connectivity index (χ0v) is 17.0. The topological polar surface area (TPSA) is 128 Å². The Balaban J connectivity index is 1.78. The Morgan fingerprint density at radius 3 is 2.60 bits per heavy atom. The van der Waals surface area contributed by atoms with Crippen LogP contribution in [0.2, 0.25) is 0 Å². The Hall–Kier alpha value is -3.59. The van der Waals surface area contributed by atoms with Crippen LogP contribution in [0, 0.1) is 6.92 Å². The molecule has 0 bridgehead atoms. The van der Waals surface area contributed by atoms with Crippen molar-refractivity contribution in [1.29, 1.82) is 0 Å². The molecule has 154 valence electrons. The molecule has 0 saturated heterocycles. The Labute approximate surface area is 173 Å². The molecule has 0 saturated carbocycles. The first kappa shape index (κ1) is 19.7. The standard InChI is InChI=1S/C21H24N8O/c1-3-22-8-5-14-13(2)28-16(18(14)20-25-6-4-7-26-20)11-17-19(24-10-9-23-17)15-12-27-29-21(15)30/h4,6-7,9-10,12,22,28H,3,5,8,11H2,1-2H3,(H2,27,29,30). The number of aromatic nitrogens is 7. The lowest BCUT2D eigenvalue weighted by atomic mass is 10.0. The normalized spacial score (nSPS) is 11.1. The van der Waals surface area contributed by atoms with Gasteiger partial charge in [-0.1, -0.05) is 6.92 Å². The number of hydrogen-bond donors (Lipinski definition) is 4. The fraction of sp³-hybridized carbons (Fsp3) is 0.286. The highest BCUT2D eigenvalue weighted by Crippen LogP contribution is 2.30. The smallest absolute Gasteiger partial charge is 0.273 e. The first-order valence-electron chi connectivity index (χ1n) is 9.93. The van der Waals surface area contributed by atoms with Crippen LogP contribution in [0.5, 0.6) is 0 Å². The fourth-order valence-corrected chi connectivity index (χ4v) is 3.64. The van der Waals surface area contributed by atoms with Gasteiger partial charge in [-0.15, -0.1) is 0 Å². The summed E-state index contributed by atoms with van der Waals surface area (Å²) in [6.07, 6.45) is 9.66. The molecule has 0 aliphatic heterocycles. The molecule has 4 heterocycles. The molecule has 0 radical (unpaired) electrons. The molecule has 4 N–H and O–H groups in total. The maximum atomic E-state index is 12.1. The van der Waals surface area contributed by atoms with Gasteiger partial charge in [0.2, 0.25) is 0 Å². The molecule has 0 atom stereocenters. The van der Waals surface area contributed by atoms with E-state index < -0.39 is 0 Å². The van der Waals surface area contributed by atoms with E-state index >= 15 is 0 Å². The van der Waals surface area contributed by atoms with Crippen LogP contribution in [-0.2, 0) is 12.8 Å². The predicted molar refractivity (Wildman–Crippen MR) is 114 cm³/mol. The van der Waals surface area contributed by atoms with Crippen molar-refractivity contribution in [3.05, 3.63) is 70.0 Å². The summed E-state index contributed by atoms with van der Waals surface area (Å²) in [6, 6.07) is 1.81. The maximum Gasteiger partial charge on any atom is 0.273 e. The van der Waals surface area contributed by atoms with E-state index in [9.17, 15) is 4.79 Å². The minimum atomic E-state index is -0.225. The second kappa shape index (κ2) is 8.83. The third-order valence-corrected chi connectivity index (χ3v) is 5.01. The number of nitrogens with zero attached hydrogens (tertiary/aromatic N) is 4. The average Bonchev–Trinajstić information content (AvgIpc) is 3.32. The Morgan fingerprint density at radius 1 is 1.07 bits per heavy atom. The Morgan fingerprint density at radius 2 is 1.87 bits per heavy atom. The number of aryl methyl sites for hydroxylation is 1. The van der Waals surface area contributed by atoms with Crippen LogP contribution in [0.3, 0.4) is 0 Å². The summed E-state index contributed by atoms with van der Waals surface area (Å²) in [5.74, 6) is 0.674. The monoisotopic (exact) mass is 404 g/mol. The number of hydrogen-bond acceptors (Lipinski definition) is 6. The van der Waals surface area contributed by atoms with Crippen LogP contribution >= 0.6 is 0 Å². The highest BCUT2D eigenvalue weighted by molar-refractivity contribution is 5.67. The number of rotatable bonds is 8. The number of nitrogens with one attached hydrogen (secondary N) is 4. The summed E-state index contributed by atoms with van der Waals surface area (Å²) < 4.78 is 0. The molecule has 0 aromatic carbocycles. The van der Waals surface area contributed by atoms with E-state index in [2.05, 4.69) is 54.3 Å². The minimum absolute atomic E-state index is 0.225. The molecule has 4 rings (SSSR count). The lowest BCUT2D eigenvalue weighted by Gasteiger charge is -2.09. The van der Waals surface area contributed by atoms with Gasteiger partial charge in [-0.2, -0.15) is 0 Å². The van der Waals surface area contributed by atoms with E-state index in [0.717, 1.165) is 36.5 Å². The highest BCUT2D eigenvalue weighted by Gasteiger charge is 2.21. The van der Waals surface area contributed by atoms with Crippen molar-refractivity contribution < 1.29 is 0 Å². The molecule has 0 unspecified atom stereocenters. The van der Waals surface area contributed by atoms with Crippen LogP contribution in [0.15, 0.2) is 41.8 Å². The molecule has 4 aromatic heterocycles. The van der Waals surface area contributed by atoms with Crippen LogP contribution in [0.25, 0.3) is 22.6 Å². The van der Waals surface area contributed by atoms with Gasteiger partial charge in [0.05, 0.1) is 17.0 Å². The van der Waals surface area contributed by atoms with Gasteiger partial charge in [-0.25, -0.2) is 9.97 Å². The predicted octanol–water partition coefficient (Wildman–Crippen LogP) is 2.00. The third-order valence-electron chi connectivity index (χ3n) is 5.01. The van der Waals surface area contributed by atoms with E-state index in [1.54, 1.807) is 37.1 Å². The van der Waals surface area contributed by atoms with E-state index in [1.165, 1.54) is 5.56 Å². The van der Waals surface area contributed by atoms with Crippen molar-refractivity contribution in [2.45, 2.75) is 26.7 Å². The second-order valence-corrected chi connectivity index (χ2v) is 6.94. The first-order valence-corrected chi connectivity index (χ1v) is 9.93. The minimum Gasteiger partial charge on any atom is -0.361 e. The first-order chi connectivity index (χ1) is 14.7. The zero-order valence-electron chi connectivity index (χ0n) is 17.0. The van der Waals surface area contributed by atoms with Gasteiger partial charge in [0, 0.05) is 54.4 Å².